The highest BCUT2D eigenvalue weighted by atomic mass is 32.2. The number of aryl methyl sites for hydroxylation is 1. The second kappa shape index (κ2) is 5.59. The molecule has 1 atom stereocenters. The summed E-state index contributed by atoms with van der Waals surface area (Å²) in [4.78, 5) is 15.1. The van der Waals surface area contributed by atoms with E-state index >= 15 is 0 Å². The first kappa shape index (κ1) is 14.1. The summed E-state index contributed by atoms with van der Waals surface area (Å²) in [7, 11) is -3.54. The van der Waals surface area contributed by atoms with E-state index in [2.05, 4.69) is 4.98 Å². The number of amides is 1. The molecule has 0 aliphatic heterocycles. The van der Waals surface area contributed by atoms with Crippen LogP contribution in [0.2, 0.25) is 0 Å². The fourth-order valence-corrected chi connectivity index (χ4v) is 3.42. The van der Waals surface area contributed by atoms with Gasteiger partial charge in [0.2, 0.25) is 5.91 Å². The number of hydrogen-bond donors (Lipinski definition) is 1. The molecule has 0 aliphatic carbocycles. The van der Waals surface area contributed by atoms with E-state index in [0.717, 1.165) is 17.8 Å². The second-order valence-electron chi connectivity index (χ2n) is 3.83. The Labute approximate surface area is 105 Å². The van der Waals surface area contributed by atoms with Gasteiger partial charge >= 0.3 is 0 Å². The Balaban J connectivity index is 2.79. The lowest BCUT2D eigenvalue weighted by Crippen LogP contribution is -2.34. The van der Waals surface area contributed by atoms with Crippen LogP contribution in [0.1, 0.15) is 31.0 Å². The van der Waals surface area contributed by atoms with E-state index in [1.54, 1.807) is 5.38 Å². The van der Waals surface area contributed by atoms with Gasteiger partial charge in [0.1, 0.15) is 5.25 Å². The third-order valence-corrected chi connectivity index (χ3v) is 5.32. The van der Waals surface area contributed by atoms with Gasteiger partial charge < -0.3 is 5.73 Å². The van der Waals surface area contributed by atoms with Crippen molar-refractivity contribution in [1.29, 1.82) is 0 Å². The molecule has 7 heteroatoms. The van der Waals surface area contributed by atoms with Gasteiger partial charge in [0.05, 0.1) is 16.5 Å². The van der Waals surface area contributed by atoms with Gasteiger partial charge in [0.15, 0.2) is 9.84 Å². The van der Waals surface area contributed by atoms with Crippen molar-refractivity contribution in [3.8, 4) is 0 Å². The van der Waals surface area contributed by atoms with Crippen molar-refractivity contribution in [2.45, 2.75) is 37.7 Å². The molecule has 0 aromatic carbocycles. The van der Waals surface area contributed by atoms with Crippen LogP contribution in [0.4, 0.5) is 0 Å². The van der Waals surface area contributed by atoms with E-state index < -0.39 is 21.0 Å². The predicted molar refractivity (Wildman–Crippen MR) is 67.4 cm³/mol. The summed E-state index contributed by atoms with van der Waals surface area (Å²) in [6.07, 6.45) is 1.81. The van der Waals surface area contributed by atoms with Crippen molar-refractivity contribution in [3.63, 3.8) is 0 Å². The number of rotatable bonds is 6. The lowest BCUT2D eigenvalue weighted by Gasteiger charge is -2.07. The molecule has 96 valence electrons. The van der Waals surface area contributed by atoms with Gasteiger partial charge in [0, 0.05) is 5.38 Å². The van der Waals surface area contributed by atoms with Crippen LogP contribution in [-0.2, 0) is 26.8 Å². The Hall–Kier alpha value is -0.950. The molecule has 0 saturated heterocycles. The summed E-state index contributed by atoms with van der Waals surface area (Å²) in [5.41, 5.74) is 5.48. The first-order valence-electron chi connectivity index (χ1n) is 5.31. The molecule has 0 bridgehead atoms. The van der Waals surface area contributed by atoms with Crippen LogP contribution in [0.3, 0.4) is 0 Å². The first-order chi connectivity index (χ1) is 7.86. The molecular formula is C10H16N2O3S2. The average Bonchev–Trinajstić information content (AvgIpc) is 2.64. The van der Waals surface area contributed by atoms with Crippen LogP contribution in [0.15, 0.2) is 5.38 Å². The maximum atomic E-state index is 11.8. The molecule has 1 aromatic rings. The predicted octanol–water partition coefficient (Wildman–Crippen LogP) is 0.884. The van der Waals surface area contributed by atoms with Gasteiger partial charge in [-0.2, -0.15) is 0 Å². The Kier molecular flexibility index (Phi) is 4.64. The quantitative estimate of drug-likeness (QED) is 0.835. The number of hydrogen-bond acceptors (Lipinski definition) is 5. The third kappa shape index (κ3) is 3.78. The van der Waals surface area contributed by atoms with Crippen molar-refractivity contribution in [2.75, 3.05) is 0 Å². The monoisotopic (exact) mass is 276 g/mol. The molecule has 0 saturated carbocycles. The molecule has 1 rings (SSSR count). The minimum absolute atomic E-state index is 0.225. The van der Waals surface area contributed by atoms with Crippen LogP contribution in [-0.4, -0.2) is 24.6 Å². The van der Waals surface area contributed by atoms with E-state index in [1.807, 2.05) is 6.92 Å². The molecule has 1 heterocycles. The van der Waals surface area contributed by atoms with Gasteiger partial charge in [-0.3, -0.25) is 4.79 Å². The first-order valence-corrected chi connectivity index (χ1v) is 7.90. The van der Waals surface area contributed by atoms with Crippen molar-refractivity contribution >= 4 is 27.1 Å². The normalized spacial score (nSPS) is 13.5. The van der Waals surface area contributed by atoms with E-state index in [0.29, 0.717) is 5.69 Å². The standard InChI is InChI=1S/C10H16N2O3S2/c1-3-4-9-12-8(5-16-9)6-17(14,15)7(2)10(11)13/h5,7H,3-4,6H2,1-2H3,(H2,11,13). The zero-order valence-electron chi connectivity index (χ0n) is 9.84. The topological polar surface area (TPSA) is 90.1 Å². The van der Waals surface area contributed by atoms with E-state index in [4.69, 9.17) is 5.73 Å². The van der Waals surface area contributed by atoms with E-state index in [9.17, 15) is 13.2 Å². The lowest BCUT2D eigenvalue weighted by atomic mass is 10.3. The third-order valence-electron chi connectivity index (χ3n) is 2.35. The van der Waals surface area contributed by atoms with Gasteiger partial charge in [-0.05, 0) is 19.8 Å². The summed E-state index contributed by atoms with van der Waals surface area (Å²) in [5, 5.41) is 1.47. The van der Waals surface area contributed by atoms with Gasteiger partial charge in [-0.25, -0.2) is 13.4 Å². The van der Waals surface area contributed by atoms with Crippen LogP contribution >= 0.6 is 11.3 Å². The van der Waals surface area contributed by atoms with Gasteiger partial charge in [0.25, 0.3) is 0 Å². The number of nitrogens with two attached hydrogens (primary N) is 1. The maximum Gasteiger partial charge on any atom is 0.235 e. The Morgan fingerprint density at radius 3 is 2.76 bits per heavy atom. The molecule has 0 spiro atoms. The summed E-state index contributed by atoms with van der Waals surface area (Å²) in [5.74, 6) is -1.05. The molecule has 5 nitrogen and oxygen atoms in total. The number of sulfone groups is 1. The SMILES string of the molecule is CCCc1nc(CS(=O)(=O)C(C)C(N)=O)cs1. The highest BCUT2D eigenvalue weighted by Crippen LogP contribution is 2.16. The number of aromatic nitrogens is 1. The highest BCUT2D eigenvalue weighted by Gasteiger charge is 2.26. The van der Waals surface area contributed by atoms with Crippen LogP contribution in [0.5, 0.6) is 0 Å². The fourth-order valence-electron chi connectivity index (χ4n) is 1.25. The molecule has 0 radical (unpaired) electrons. The Bertz CT molecular complexity index is 493. The highest BCUT2D eigenvalue weighted by molar-refractivity contribution is 7.92. The molecule has 1 aromatic heterocycles. The van der Waals surface area contributed by atoms with Gasteiger partial charge in [-0.15, -0.1) is 11.3 Å². The number of carbonyl (C=O) groups excluding carboxylic acids is 1. The summed E-state index contributed by atoms with van der Waals surface area (Å²) in [6, 6.07) is 0. The number of thiazole rings is 1. The Morgan fingerprint density at radius 1 is 1.59 bits per heavy atom. The van der Waals surface area contributed by atoms with E-state index in [1.165, 1.54) is 18.3 Å². The molecule has 2 N–H and O–H groups in total. The molecule has 1 unspecified atom stereocenters. The van der Waals surface area contributed by atoms with Crippen LogP contribution in [0.25, 0.3) is 0 Å². The smallest absolute Gasteiger partial charge is 0.235 e. The number of primary amides is 1. The summed E-state index contributed by atoms with van der Waals surface area (Å²) >= 11 is 1.44. The van der Waals surface area contributed by atoms with Crippen molar-refractivity contribution in [3.05, 3.63) is 16.1 Å². The average molecular weight is 276 g/mol. The zero-order chi connectivity index (χ0) is 13.1. The fraction of sp³-hybridized carbons (Fsp3) is 0.600. The summed E-state index contributed by atoms with van der Waals surface area (Å²) in [6.45, 7) is 3.34. The number of carbonyl (C=O) groups is 1. The lowest BCUT2D eigenvalue weighted by molar-refractivity contribution is -0.117. The second-order valence-corrected chi connectivity index (χ2v) is 7.10. The summed E-state index contributed by atoms with van der Waals surface area (Å²) < 4.78 is 23.5. The molecule has 0 aliphatic rings. The van der Waals surface area contributed by atoms with E-state index in [-0.39, 0.29) is 5.75 Å². The number of nitrogens with zero attached hydrogens (tertiary/aromatic N) is 1. The van der Waals surface area contributed by atoms with Gasteiger partial charge in [-0.1, -0.05) is 6.92 Å². The maximum absolute atomic E-state index is 11.8. The van der Waals surface area contributed by atoms with Crippen LogP contribution in [0, 0.1) is 0 Å². The largest absolute Gasteiger partial charge is 0.369 e. The molecule has 0 fully saturated rings. The molecule has 1 amide bonds. The molecule has 17 heavy (non-hydrogen) atoms. The minimum Gasteiger partial charge on any atom is -0.369 e. The van der Waals surface area contributed by atoms with Crippen molar-refractivity contribution in [1.82, 2.24) is 4.98 Å². The van der Waals surface area contributed by atoms with Crippen molar-refractivity contribution in [2.24, 2.45) is 5.73 Å². The van der Waals surface area contributed by atoms with Crippen molar-refractivity contribution < 1.29 is 13.2 Å². The van der Waals surface area contributed by atoms with Crippen LogP contribution < -0.4 is 5.73 Å². The Morgan fingerprint density at radius 2 is 2.24 bits per heavy atom. The molecular weight excluding hydrogens is 260 g/mol. The minimum atomic E-state index is -3.54. The zero-order valence-corrected chi connectivity index (χ0v) is 11.5.